The van der Waals surface area contributed by atoms with Gasteiger partial charge in [0.1, 0.15) is 23.3 Å². The van der Waals surface area contributed by atoms with Gasteiger partial charge in [-0.05, 0) is 48.5 Å². The molecule has 1 unspecified atom stereocenters. The van der Waals surface area contributed by atoms with E-state index in [1.807, 2.05) is 18.2 Å². The van der Waals surface area contributed by atoms with E-state index < -0.39 is 49.9 Å². The van der Waals surface area contributed by atoms with E-state index in [1.54, 1.807) is 42.5 Å². The second kappa shape index (κ2) is 14.8. The monoisotopic (exact) mass is 718 g/mol. The van der Waals surface area contributed by atoms with E-state index in [0.717, 1.165) is 11.7 Å². The number of nitrogens with one attached hydrogen (secondary N) is 1. The Balaban J connectivity index is 1.47. The van der Waals surface area contributed by atoms with E-state index >= 15 is 0 Å². The van der Waals surface area contributed by atoms with Gasteiger partial charge in [-0.3, -0.25) is 19.0 Å². The number of hydrogen-bond acceptors (Lipinski definition) is 11. The Hall–Kier alpha value is -2.75. The summed E-state index contributed by atoms with van der Waals surface area (Å²) in [6, 6.07) is 19.1. The average Bonchev–Trinajstić information content (AvgIpc) is 3.19. The third-order valence-corrected chi connectivity index (χ3v) is 16.5. The highest BCUT2D eigenvalue weighted by atomic mass is 33.1. The van der Waals surface area contributed by atoms with E-state index in [-0.39, 0.29) is 31.0 Å². The molecule has 0 aliphatic carbocycles. The van der Waals surface area contributed by atoms with Crippen molar-refractivity contribution in [2.24, 2.45) is 0 Å². The summed E-state index contributed by atoms with van der Waals surface area (Å²) in [7, 11) is -2.44. The van der Waals surface area contributed by atoms with Crippen molar-refractivity contribution in [3.8, 4) is 5.75 Å². The zero-order valence-electron chi connectivity index (χ0n) is 26.7. The molecule has 2 amide bonds. The number of benzene rings is 2. The molecule has 2 saturated heterocycles. The molecule has 16 heteroatoms. The topological polar surface area (TPSA) is 141 Å². The highest BCUT2D eigenvalue weighted by Gasteiger charge is 2.64. The van der Waals surface area contributed by atoms with E-state index in [2.05, 4.69) is 44.2 Å². The van der Waals surface area contributed by atoms with E-state index in [0.29, 0.717) is 17.1 Å². The lowest BCUT2D eigenvalue weighted by molar-refractivity contribution is -0.251. The molecule has 5 rings (SSSR count). The van der Waals surface area contributed by atoms with Crippen LogP contribution in [0.1, 0.15) is 37.4 Å². The number of fused-ring (bicyclic) bond motifs is 2. The molecule has 252 valence electrons. The molecule has 0 spiro atoms. The van der Waals surface area contributed by atoms with Gasteiger partial charge < -0.3 is 23.8 Å². The predicted octanol–water partition coefficient (Wildman–Crippen LogP) is 5.82. The third kappa shape index (κ3) is 8.11. The number of hydroxylamine groups is 2. The number of carbonyl (C=O) groups is 2. The van der Waals surface area contributed by atoms with Crippen molar-refractivity contribution >= 4 is 56.0 Å². The first-order valence-electron chi connectivity index (χ1n) is 15.0. The maximum atomic E-state index is 13.5. The van der Waals surface area contributed by atoms with Gasteiger partial charge in [-0.1, -0.05) is 57.2 Å². The SMILES string of the molecule is CC(C)(C)[Si](C)(C)O[C@H]1[C@H]2ON(C(=O)COc3ccccc3)C[C@]1(CSPSO)O[C@H]2n1ccc(NC(=O)c2ccccc2)nc1=O. The van der Waals surface area contributed by atoms with Gasteiger partial charge in [0.15, 0.2) is 27.3 Å². The van der Waals surface area contributed by atoms with Crippen molar-refractivity contribution in [1.82, 2.24) is 14.6 Å². The summed E-state index contributed by atoms with van der Waals surface area (Å²) in [4.78, 5) is 50.2. The van der Waals surface area contributed by atoms with Crippen LogP contribution in [-0.2, 0) is 18.8 Å². The maximum Gasteiger partial charge on any atom is 0.351 e. The van der Waals surface area contributed by atoms with Crippen LogP contribution in [0.3, 0.4) is 0 Å². The van der Waals surface area contributed by atoms with Gasteiger partial charge in [-0.15, -0.1) is 11.4 Å². The Morgan fingerprint density at radius 3 is 2.45 bits per heavy atom. The molecule has 2 bridgehead atoms. The third-order valence-electron chi connectivity index (χ3n) is 8.52. The molecule has 47 heavy (non-hydrogen) atoms. The van der Waals surface area contributed by atoms with Crippen molar-refractivity contribution in [2.75, 3.05) is 24.2 Å². The van der Waals surface area contributed by atoms with Crippen LogP contribution in [0.5, 0.6) is 5.75 Å². The maximum absolute atomic E-state index is 13.5. The van der Waals surface area contributed by atoms with Crippen molar-refractivity contribution in [1.29, 1.82) is 0 Å². The quantitative estimate of drug-likeness (QED) is 0.101. The first-order chi connectivity index (χ1) is 22.3. The fourth-order valence-electron chi connectivity index (χ4n) is 5.04. The van der Waals surface area contributed by atoms with E-state index in [4.69, 9.17) is 18.7 Å². The summed E-state index contributed by atoms with van der Waals surface area (Å²) in [5.41, 5.74) is -1.35. The second-order valence-electron chi connectivity index (χ2n) is 12.8. The standard InChI is InChI=1S/C31H39N4O8PS2Si/c1-30(2,3)47(4,5)43-26-25-28(34-17-16-23(33-29(34)38)32-27(37)21-12-8-6-9-13-21)41-31(26,20-45-44-46-39)19-35(42-25)24(36)18-40-22-14-10-7-11-15-22/h6-17,25-26,28,39,44H,18-20H2,1-5H3,(H,32,33,37,38)/t25-,26+,28-,31-/m1/s1. The van der Waals surface area contributed by atoms with Crippen LogP contribution in [0.25, 0.3) is 0 Å². The largest absolute Gasteiger partial charge is 0.484 e. The number of hydrogen-bond donors (Lipinski definition) is 2. The summed E-state index contributed by atoms with van der Waals surface area (Å²) < 4.78 is 30.3. The lowest BCUT2D eigenvalue weighted by atomic mass is 9.95. The van der Waals surface area contributed by atoms with Gasteiger partial charge in [0.25, 0.3) is 11.8 Å². The van der Waals surface area contributed by atoms with E-state index in [9.17, 15) is 18.9 Å². The first kappa shape index (κ1) is 35.6. The Kier molecular flexibility index (Phi) is 11.2. The van der Waals surface area contributed by atoms with Gasteiger partial charge in [0.05, 0.1) is 6.54 Å². The molecule has 0 saturated carbocycles. The molecule has 2 aliphatic rings. The van der Waals surface area contributed by atoms with Gasteiger partial charge in [0.2, 0.25) is 0 Å². The van der Waals surface area contributed by atoms with Crippen LogP contribution in [0.15, 0.2) is 77.7 Å². The normalized spacial score (nSPS) is 22.9. The summed E-state index contributed by atoms with van der Waals surface area (Å²) >= 11 is 2.18. The van der Waals surface area contributed by atoms with Crippen LogP contribution in [0.4, 0.5) is 5.82 Å². The zero-order valence-corrected chi connectivity index (χ0v) is 30.4. The van der Waals surface area contributed by atoms with Crippen LogP contribution < -0.4 is 15.7 Å². The minimum atomic E-state index is -2.44. The molecular formula is C31H39N4O8PS2Si. The fourth-order valence-corrected chi connectivity index (χ4v) is 9.13. The summed E-state index contributed by atoms with van der Waals surface area (Å²) in [5, 5.41) is 3.74. The Morgan fingerprint density at radius 1 is 1.13 bits per heavy atom. The van der Waals surface area contributed by atoms with Crippen molar-refractivity contribution in [3.63, 3.8) is 0 Å². The molecule has 3 aromatic rings. The van der Waals surface area contributed by atoms with Crippen LogP contribution in [0.2, 0.25) is 18.1 Å². The minimum absolute atomic E-state index is 0.0112. The number of aromatic nitrogens is 2. The number of anilines is 1. The Labute approximate surface area is 284 Å². The highest BCUT2D eigenvalue weighted by molar-refractivity contribution is 8.80. The number of amides is 2. The van der Waals surface area contributed by atoms with E-state index in [1.165, 1.54) is 33.3 Å². The van der Waals surface area contributed by atoms with Crippen LogP contribution in [0, 0.1) is 0 Å². The van der Waals surface area contributed by atoms with Crippen molar-refractivity contribution < 1.29 is 32.9 Å². The summed E-state index contributed by atoms with van der Waals surface area (Å²) in [6.45, 7) is 10.5. The molecule has 5 atom stereocenters. The molecule has 0 radical (unpaired) electrons. The van der Waals surface area contributed by atoms with Gasteiger partial charge in [0, 0.05) is 36.2 Å². The summed E-state index contributed by atoms with van der Waals surface area (Å²) in [6.07, 6.45) is -1.08. The lowest BCUT2D eigenvalue weighted by Gasteiger charge is -2.47. The molecule has 2 aromatic carbocycles. The van der Waals surface area contributed by atoms with Gasteiger partial charge in [-0.25, -0.2) is 9.86 Å². The smallest absolute Gasteiger partial charge is 0.351 e. The Morgan fingerprint density at radius 2 is 1.81 bits per heavy atom. The number of rotatable bonds is 12. The van der Waals surface area contributed by atoms with Crippen LogP contribution >= 0.6 is 30.0 Å². The van der Waals surface area contributed by atoms with Crippen molar-refractivity contribution in [2.45, 2.75) is 62.9 Å². The number of nitrogens with zero attached hydrogens (tertiary/aromatic N) is 3. The average molecular weight is 719 g/mol. The first-order valence-corrected chi connectivity index (χ1v) is 22.1. The molecule has 2 aliphatic heterocycles. The zero-order chi connectivity index (χ0) is 33.8. The number of carbonyl (C=O) groups excluding carboxylic acids is 2. The van der Waals surface area contributed by atoms with Crippen LogP contribution in [-0.4, -0.2) is 76.0 Å². The van der Waals surface area contributed by atoms with Crippen molar-refractivity contribution in [3.05, 3.63) is 89.0 Å². The lowest BCUT2D eigenvalue weighted by Crippen LogP contribution is -2.64. The highest BCUT2D eigenvalue weighted by Crippen LogP contribution is 2.52. The van der Waals surface area contributed by atoms with Gasteiger partial charge in [-0.2, -0.15) is 4.98 Å². The molecule has 3 heterocycles. The number of para-hydroxylation sites is 1. The molecule has 1 aromatic heterocycles. The molecular weight excluding hydrogens is 680 g/mol. The van der Waals surface area contributed by atoms with Gasteiger partial charge >= 0.3 is 5.69 Å². The fraction of sp³-hybridized carbons (Fsp3) is 0.419. The predicted molar refractivity (Wildman–Crippen MR) is 187 cm³/mol. The second-order valence-corrected chi connectivity index (χ2v) is 21.9. The minimum Gasteiger partial charge on any atom is -0.484 e. The molecule has 2 N–H and O–H groups in total. The molecule has 12 nitrogen and oxygen atoms in total. The number of ether oxygens (including phenoxy) is 2. The molecule has 2 fully saturated rings. The Bertz CT molecular complexity index is 1610. The summed E-state index contributed by atoms with van der Waals surface area (Å²) in [5.74, 6) is 0.146.